The van der Waals surface area contributed by atoms with Crippen molar-refractivity contribution in [2.45, 2.75) is 65.6 Å². The molecular weight excluding hydrogens is 252 g/mol. The molecule has 0 spiro atoms. The van der Waals surface area contributed by atoms with Crippen LogP contribution in [0.15, 0.2) is 0 Å². The number of nitrogens with zero attached hydrogens (tertiary/aromatic N) is 2. The Balaban J connectivity index is 1.99. The number of hydrogen-bond acceptors (Lipinski definition) is 3. The number of carbonyl (C=O) groups is 1. The average Bonchev–Trinajstić information content (AvgIpc) is 2.68. The van der Waals surface area contributed by atoms with Crippen LogP contribution in [0.5, 0.6) is 0 Å². The van der Waals surface area contributed by atoms with Crippen LogP contribution in [0.2, 0.25) is 0 Å². The number of fused-ring (bicyclic) bond motifs is 1. The lowest BCUT2D eigenvalue weighted by Gasteiger charge is -2.37. The van der Waals surface area contributed by atoms with E-state index in [0.29, 0.717) is 6.04 Å². The van der Waals surface area contributed by atoms with Gasteiger partial charge in [0.1, 0.15) is 0 Å². The first kappa shape index (κ1) is 15.0. The Kier molecular flexibility index (Phi) is 4.18. The van der Waals surface area contributed by atoms with Gasteiger partial charge in [-0.1, -0.05) is 0 Å². The summed E-state index contributed by atoms with van der Waals surface area (Å²) < 4.78 is 0. The molecule has 0 saturated carbocycles. The van der Waals surface area contributed by atoms with Crippen LogP contribution in [0, 0.1) is 6.92 Å². The van der Waals surface area contributed by atoms with Crippen LogP contribution in [0.1, 0.15) is 51.1 Å². The molecule has 1 aromatic heterocycles. The maximum Gasteiger partial charge on any atom is 0.217 e. The lowest BCUT2D eigenvalue weighted by Crippen LogP contribution is -2.48. The van der Waals surface area contributed by atoms with E-state index in [1.165, 1.54) is 17.0 Å². The zero-order valence-electron chi connectivity index (χ0n) is 13.2. The number of carbonyl (C=O) groups excluding carboxylic acids is 1. The van der Waals surface area contributed by atoms with Crippen molar-refractivity contribution in [3.8, 4) is 0 Å². The van der Waals surface area contributed by atoms with Crippen LogP contribution in [0.3, 0.4) is 0 Å². The Labute approximate surface area is 121 Å². The average molecular weight is 278 g/mol. The zero-order valence-corrected chi connectivity index (χ0v) is 13.2. The Bertz CT molecular complexity index is 492. The molecule has 2 heterocycles. The third kappa shape index (κ3) is 3.39. The van der Waals surface area contributed by atoms with Crippen molar-refractivity contribution >= 4 is 5.91 Å². The lowest BCUT2D eigenvalue weighted by molar-refractivity contribution is -0.120. The van der Waals surface area contributed by atoms with Crippen molar-refractivity contribution in [1.82, 2.24) is 20.4 Å². The molecule has 0 radical (unpaired) electrons. The van der Waals surface area contributed by atoms with Crippen LogP contribution < -0.4 is 5.32 Å². The Hall–Kier alpha value is -1.36. The highest BCUT2D eigenvalue weighted by atomic mass is 16.1. The van der Waals surface area contributed by atoms with Crippen LogP contribution in [0.25, 0.3) is 0 Å². The normalized spacial score (nSPS) is 17.6. The molecule has 5 heteroatoms. The molecule has 2 rings (SSSR count). The van der Waals surface area contributed by atoms with E-state index in [9.17, 15) is 4.79 Å². The van der Waals surface area contributed by atoms with Crippen LogP contribution >= 0.6 is 0 Å². The number of amides is 1. The molecule has 1 aliphatic heterocycles. The molecule has 1 amide bonds. The summed E-state index contributed by atoms with van der Waals surface area (Å²) in [5, 5.41) is 10.5. The van der Waals surface area contributed by atoms with Gasteiger partial charge < -0.3 is 5.32 Å². The molecule has 1 atom stereocenters. The molecule has 1 aliphatic rings. The highest BCUT2D eigenvalue weighted by Crippen LogP contribution is 2.24. The summed E-state index contributed by atoms with van der Waals surface area (Å²) in [6.07, 6.45) is 1.95. The highest BCUT2D eigenvalue weighted by Gasteiger charge is 2.28. The molecule has 2 N–H and O–H groups in total. The predicted octanol–water partition coefficient (Wildman–Crippen LogP) is 1.77. The third-order valence-corrected chi connectivity index (χ3v) is 4.10. The van der Waals surface area contributed by atoms with Gasteiger partial charge in [-0.25, -0.2) is 0 Å². The molecule has 0 aromatic carbocycles. The zero-order chi connectivity index (χ0) is 14.9. The molecule has 112 valence electrons. The standard InChI is InChI=1S/C15H26N4O/c1-10(8-15(4,5)16-12(3)20)19-7-6-14-13(9-19)11(2)17-18-14/h10H,6-9H2,1-5H3,(H,16,20)(H,17,18)/t10-/m0/s1. The molecule has 5 nitrogen and oxygen atoms in total. The Morgan fingerprint density at radius 3 is 2.90 bits per heavy atom. The van der Waals surface area contributed by atoms with Crippen molar-refractivity contribution < 1.29 is 4.79 Å². The number of aromatic nitrogens is 2. The largest absolute Gasteiger partial charge is 0.351 e. The molecular formula is C15H26N4O. The van der Waals surface area contributed by atoms with Crippen LogP contribution in [-0.2, 0) is 17.8 Å². The quantitative estimate of drug-likeness (QED) is 0.882. The van der Waals surface area contributed by atoms with Crippen LogP contribution in [-0.4, -0.2) is 39.1 Å². The van der Waals surface area contributed by atoms with Gasteiger partial charge in [0.15, 0.2) is 0 Å². The predicted molar refractivity (Wildman–Crippen MR) is 79.4 cm³/mol. The van der Waals surface area contributed by atoms with Gasteiger partial charge in [0.25, 0.3) is 0 Å². The summed E-state index contributed by atoms with van der Waals surface area (Å²) in [5.74, 6) is 0.0359. The fourth-order valence-electron chi connectivity index (χ4n) is 3.22. The smallest absolute Gasteiger partial charge is 0.217 e. The van der Waals surface area contributed by atoms with E-state index < -0.39 is 0 Å². The second kappa shape index (κ2) is 5.56. The van der Waals surface area contributed by atoms with Gasteiger partial charge in [-0.2, -0.15) is 5.10 Å². The maximum atomic E-state index is 11.3. The Morgan fingerprint density at radius 2 is 2.25 bits per heavy atom. The summed E-state index contributed by atoms with van der Waals surface area (Å²) in [6, 6.07) is 0.430. The second-order valence-electron chi connectivity index (χ2n) is 6.61. The van der Waals surface area contributed by atoms with Crippen molar-refractivity contribution in [2.75, 3.05) is 6.54 Å². The number of aryl methyl sites for hydroxylation is 1. The first-order valence-corrected chi connectivity index (χ1v) is 7.34. The highest BCUT2D eigenvalue weighted by molar-refractivity contribution is 5.73. The van der Waals surface area contributed by atoms with E-state index in [2.05, 4.69) is 48.1 Å². The number of hydrogen-bond donors (Lipinski definition) is 2. The monoisotopic (exact) mass is 278 g/mol. The Morgan fingerprint density at radius 1 is 1.55 bits per heavy atom. The SMILES string of the molecule is CC(=O)NC(C)(C)C[C@H](C)N1CCc2n[nH]c(C)c2C1. The molecule has 0 fully saturated rings. The maximum absolute atomic E-state index is 11.3. The van der Waals surface area contributed by atoms with Gasteiger partial charge in [0.05, 0.1) is 5.69 Å². The third-order valence-electron chi connectivity index (χ3n) is 4.10. The second-order valence-corrected chi connectivity index (χ2v) is 6.61. The molecule has 0 saturated heterocycles. The van der Waals surface area contributed by atoms with E-state index in [1.54, 1.807) is 6.92 Å². The summed E-state index contributed by atoms with van der Waals surface area (Å²) in [5.41, 5.74) is 3.57. The lowest BCUT2D eigenvalue weighted by atomic mass is 9.93. The number of nitrogens with one attached hydrogen (secondary N) is 2. The van der Waals surface area contributed by atoms with Gasteiger partial charge >= 0.3 is 0 Å². The van der Waals surface area contributed by atoms with Crippen molar-refractivity contribution in [3.63, 3.8) is 0 Å². The van der Waals surface area contributed by atoms with E-state index >= 15 is 0 Å². The summed E-state index contributed by atoms with van der Waals surface area (Å²) in [7, 11) is 0. The number of rotatable bonds is 4. The minimum atomic E-state index is -0.170. The van der Waals surface area contributed by atoms with E-state index in [0.717, 1.165) is 25.9 Å². The van der Waals surface area contributed by atoms with Crippen LogP contribution in [0.4, 0.5) is 0 Å². The number of aromatic amines is 1. The van der Waals surface area contributed by atoms with E-state index in [1.807, 2.05) is 0 Å². The van der Waals surface area contributed by atoms with E-state index in [4.69, 9.17) is 0 Å². The van der Waals surface area contributed by atoms with E-state index in [-0.39, 0.29) is 11.4 Å². The summed E-state index contributed by atoms with van der Waals surface area (Å²) >= 11 is 0. The fraction of sp³-hybridized carbons (Fsp3) is 0.733. The first-order chi connectivity index (χ1) is 9.28. The van der Waals surface area contributed by atoms with Gasteiger partial charge in [0.2, 0.25) is 5.91 Å². The minimum absolute atomic E-state index is 0.0359. The first-order valence-electron chi connectivity index (χ1n) is 7.34. The van der Waals surface area contributed by atoms with Crippen molar-refractivity contribution in [2.24, 2.45) is 0 Å². The molecule has 20 heavy (non-hydrogen) atoms. The number of H-pyrrole nitrogens is 1. The summed E-state index contributed by atoms with van der Waals surface area (Å²) in [6.45, 7) is 12.1. The summed E-state index contributed by atoms with van der Waals surface area (Å²) in [4.78, 5) is 13.7. The van der Waals surface area contributed by atoms with Gasteiger partial charge in [0, 0.05) is 49.3 Å². The van der Waals surface area contributed by atoms with Gasteiger partial charge in [-0.3, -0.25) is 14.8 Å². The molecule has 0 bridgehead atoms. The molecule has 0 unspecified atom stereocenters. The van der Waals surface area contributed by atoms with Crippen molar-refractivity contribution in [1.29, 1.82) is 0 Å². The van der Waals surface area contributed by atoms with Gasteiger partial charge in [-0.05, 0) is 34.1 Å². The van der Waals surface area contributed by atoms with Crippen molar-refractivity contribution in [3.05, 3.63) is 17.0 Å². The topological polar surface area (TPSA) is 61.0 Å². The molecule has 1 aromatic rings. The minimum Gasteiger partial charge on any atom is -0.351 e. The fourth-order valence-corrected chi connectivity index (χ4v) is 3.22. The van der Waals surface area contributed by atoms with Gasteiger partial charge in [-0.15, -0.1) is 0 Å². The molecule has 0 aliphatic carbocycles.